The Labute approximate surface area is 119 Å². The molecule has 1 unspecified atom stereocenters. The molecule has 110 valence electrons. The molecule has 0 spiro atoms. The Hall–Kier alpha value is -1.88. The van der Waals surface area contributed by atoms with E-state index in [9.17, 15) is 9.59 Å². The minimum Gasteiger partial charge on any atom is -0.357 e. The van der Waals surface area contributed by atoms with Crippen molar-refractivity contribution in [3.63, 3.8) is 0 Å². The third-order valence-corrected chi connectivity index (χ3v) is 3.03. The van der Waals surface area contributed by atoms with Gasteiger partial charge in [0.15, 0.2) is 0 Å². The third-order valence-electron chi connectivity index (χ3n) is 3.03. The highest BCUT2D eigenvalue weighted by molar-refractivity contribution is 5.90. The first kappa shape index (κ1) is 16.2. The molecule has 20 heavy (non-hydrogen) atoms. The predicted octanol–water partition coefficient (Wildman–Crippen LogP) is 0.963. The molecule has 0 saturated carbocycles. The number of likely N-dealkylation sites (N-methyl/N-ethyl adjacent to an activating group) is 1. The second-order valence-electron chi connectivity index (χ2n) is 5.19. The first-order chi connectivity index (χ1) is 9.45. The maximum Gasteiger partial charge on any atom is 0.242 e. The van der Waals surface area contributed by atoms with Crippen LogP contribution in [0.3, 0.4) is 0 Å². The number of amides is 2. The summed E-state index contributed by atoms with van der Waals surface area (Å²) in [6, 6.07) is 7.78. The van der Waals surface area contributed by atoms with Gasteiger partial charge in [0, 0.05) is 7.05 Å². The Morgan fingerprint density at radius 3 is 2.25 bits per heavy atom. The normalized spacial score (nSPS) is 13.7. The van der Waals surface area contributed by atoms with E-state index in [0.29, 0.717) is 12.3 Å². The summed E-state index contributed by atoms with van der Waals surface area (Å²) >= 11 is 0. The fourth-order valence-corrected chi connectivity index (χ4v) is 1.95. The molecule has 1 rings (SSSR count). The van der Waals surface area contributed by atoms with E-state index in [1.165, 1.54) is 0 Å². The summed E-state index contributed by atoms with van der Waals surface area (Å²) in [5.41, 5.74) is 6.64. The molecule has 0 aliphatic heterocycles. The van der Waals surface area contributed by atoms with E-state index < -0.39 is 12.1 Å². The standard InChI is InChI=1S/C15H23N3O2/c1-10(2)9-12(14(19)17-3)18-15(20)13(16)11-7-5-4-6-8-11/h4-8,10,12-13H,9,16H2,1-3H3,(H,17,19)(H,18,20)/t12?,13-/m1/s1. The van der Waals surface area contributed by atoms with Crippen LogP contribution in [0.25, 0.3) is 0 Å². The highest BCUT2D eigenvalue weighted by atomic mass is 16.2. The molecule has 5 nitrogen and oxygen atoms in total. The van der Waals surface area contributed by atoms with E-state index in [-0.39, 0.29) is 11.8 Å². The first-order valence-corrected chi connectivity index (χ1v) is 6.78. The molecular weight excluding hydrogens is 254 g/mol. The zero-order valence-electron chi connectivity index (χ0n) is 12.2. The minimum atomic E-state index is -0.768. The Balaban J connectivity index is 2.72. The van der Waals surface area contributed by atoms with Crippen LogP contribution in [-0.4, -0.2) is 24.9 Å². The van der Waals surface area contributed by atoms with Crippen molar-refractivity contribution >= 4 is 11.8 Å². The largest absolute Gasteiger partial charge is 0.357 e. The number of carbonyl (C=O) groups excluding carboxylic acids is 2. The van der Waals surface area contributed by atoms with Crippen molar-refractivity contribution < 1.29 is 9.59 Å². The first-order valence-electron chi connectivity index (χ1n) is 6.78. The number of nitrogens with two attached hydrogens (primary N) is 1. The predicted molar refractivity (Wildman–Crippen MR) is 78.8 cm³/mol. The summed E-state index contributed by atoms with van der Waals surface area (Å²) in [5.74, 6) is -0.247. The second-order valence-corrected chi connectivity index (χ2v) is 5.19. The number of benzene rings is 1. The van der Waals surface area contributed by atoms with Gasteiger partial charge >= 0.3 is 0 Å². The Morgan fingerprint density at radius 1 is 1.15 bits per heavy atom. The fourth-order valence-electron chi connectivity index (χ4n) is 1.95. The van der Waals surface area contributed by atoms with E-state index in [2.05, 4.69) is 10.6 Å². The molecule has 0 saturated heterocycles. The zero-order valence-corrected chi connectivity index (χ0v) is 12.2. The van der Waals surface area contributed by atoms with Crippen molar-refractivity contribution in [1.29, 1.82) is 0 Å². The average molecular weight is 277 g/mol. The molecular formula is C15H23N3O2. The minimum absolute atomic E-state index is 0.202. The van der Waals surface area contributed by atoms with E-state index in [4.69, 9.17) is 5.73 Å². The quantitative estimate of drug-likeness (QED) is 0.724. The fraction of sp³-hybridized carbons (Fsp3) is 0.467. The van der Waals surface area contributed by atoms with Gasteiger partial charge in [-0.15, -0.1) is 0 Å². The van der Waals surface area contributed by atoms with Crippen LogP contribution < -0.4 is 16.4 Å². The molecule has 4 N–H and O–H groups in total. The van der Waals surface area contributed by atoms with Crippen molar-refractivity contribution in [3.05, 3.63) is 35.9 Å². The average Bonchev–Trinajstić information content (AvgIpc) is 2.45. The van der Waals surface area contributed by atoms with Crippen LogP contribution in [0.1, 0.15) is 31.9 Å². The maximum absolute atomic E-state index is 12.1. The number of hydrogen-bond donors (Lipinski definition) is 3. The highest BCUT2D eigenvalue weighted by Gasteiger charge is 2.24. The number of hydrogen-bond acceptors (Lipinski definition) is 3. The van der Waals surface area contributed by atoms with E-state index in [1.54, 1.807) is 19.2 Å². The van der Waals surface area contributed by atoms with E-state index in [0.717, 1.165) is 5.56 Å². The lowest BCUT2D eigenvalue weighted by atomic mass is 10.0. The Morgan fingerprint density at radius 2 is 1.75 bits per heavy atom. The molecule has 0 fully saturated rings. The van der Waals surface area contributed by atoms with Crippen molar-refractivity contribution in [2.45, 2.75) is 32.4 Å². The van der Waals surface area contributed by atoms with Crippen molar-refractivity contribution in [2.75, 3.05) is 7.05 Å². The Bertz CT molecular complexity index is 446. The van der Waals surface area contributed by atoms with Gasteiger partial charge in [0.25, 0.3) is 0 Å². The summed E-state index contributed by atoms with van der Waals surface area (Å²) in [7, 11) is 1.55. The molecule has 1 aromatic rings. The molecule has 5 heteroatoms. The summed E-state index contributed by atoms with van der Waals surface area (Å²) in [4.78, 5) is 23.9. The van der Waals surface area contributed by atoms with Crippen LogP contribution in [0.15, 0.2) is 30.3 Å². The lowest BCUT2D eigenvalue weighted by Crippen LogP contribution is -2.49. The lowest BCUT2D eigenvalue weighted by Gasteiger charge is -2.21. The van der Waals surface area contributed by atoms with Gasteiger partial charge in [0.05, 0.1) is 0 Å². The van der Waals surface area contributed by atoms with Gasteiger partial charge in [0.2, 0.25) is 11.8 Å². The van der Waals surface area contributed by atoms with Crippen LogP contribution >= 0.6 is 0 Å². The summed E-state index contributed by atoms with van der Waals surface area (Å²) in [6.07, 6.45) is 0.576. The van der Waals surface area contributed by atoms with Crippen LogP contribution in [0.4, 0.5) is 0 Å². The molecule has 2 atom stereocenters. The van der Waals surface area contributed by atoms with Crippen LogP contribution in [0, 0.1) is 5.92 Å². The maximum atomic E-state index is 12.1. The van der Waals surface area contributed by atoms with Crippen molar-refractivity contribution in [3.8, 4) is 0 Å². The van der Waals surface area contributed by atoms with Crippen LogP contribution in [0.5, 0.6) is 0 Å². The summed E-state index contributed by atoms with van der Waals surface area (Å²) < 4.78 is 0. The third kappa shape index (κ3) is 4.66. The van der Waals surface area contributed by atoms with Gasteiger partial charge in [-0.1, -0.05) is 44.2 Å². The van der Waals surface area contributed by atoms with Gasteiger partial charge in [-0.3, -0.25) is 9.59 Å². The number of rotatable bonds is 6. The van der Waals surface area contributed by atoms with Crippen LogP contribution in [-0.2, 0) is 9.59 Å². The molecule has 2 amide bonds. The van der Waals surface area contributed by atoms with E-state index in [1.807, 2.05) is 32.0 Å². The monoisotopic (exact) mass is 277 g/mol. The molecule has 0 aromatic heterocycles. The summed E-state index contributed by atoms with van der Waals surface area (Å²) in [6.45, 7) is 4.00. The zero-order chi connectivity index (χ0) is 15.1. The second kappa shape index (κ2) is 7.65. The smallest absolute Gasteiger partial charge is 0.242 e. The summed E-state index contributed by atoms with van der Waals surface area (Å²) in [5, 5.41) is 5.28. The van der Waals surface area contributed by atoms with E-state index >= 15 is 0 Å². The van der Waals surface area contributed by atoms with Crippen molar-refractivity contribution in [1.82, 2.24) is 10.6 Å². The lowest BCUT2D eigenvalue weighted by molar-refractivity contribution is -0.129. The van der Waals surface area contributed by atoms with Gasteiger partial charge in [0.1, 0.15) is 12.1 Å². The molecule has 0 radical (unpaired) electrons. The topological polar surface area (TPSA) is 84.2 Å². The number of nitrogens with one attached hydrogen (secondary N) is 2. The molecule has 0 aliphatic rings. The molecule has 0 bridgehead atoms. The number of carbonyl (C=O) groups is 2. The Kier molecular flexibility index (Phi) is 6.18. The molecule has 0 heterocycles. The molecule has 1 aromatic carbocycles. The van der Waals surface area contributed by atoms with Gasteiger partial charge < -0.3 is 16.4 Å². The SMILES string of the molecule is CNC(=O)C(CC(C)C)NC(=O)[C@H](N)c1ccccc1. The highest BCUT2D eigenvalue weighted by Crippen LogP contribution is 2.11. The van der Waals surface area contributed by atoms with Crippen molar-refractivity contribution in [2.24, 2.45) is 11.7 Å². The van der Waals surface area contributed by atoms with Gasteiger partial charge in [-0.2, -0.15) is 0 Å². The molecule has 0 aliphatic carbocycles. The van der Waals surface area contributed by atoms with Gasteiger partial charge in [-0.05, 0) is 17.9 Å². The van der Waals surface area contributed by atoms with Gasteiger partial charge in [-0.25, -0.2) is 0 Å². The van der Waals surface area contributed by atoms with Crippen LogP contribution in [0.2, 0.25) is 0 Å².